The van der Waals surface area contributed by atoms with Gasteiger partial charge >= 0.3 is 0 Å². The van der Waals surface area contributed by atoms with Crippen LogP contribution in [0.4, 0.5) is 17.6 Å². The number of anilines is 3. The molecule has 0 spiro atoms. The van der Waals surface area contributed by atoms with Crippen LogP contribution in [0.25, 0.3) is 0 Å². The summed E-state index contributed by atoms with van der Waals surface area (Å²) in [6.07, 6.45) is 0.892. The lowest BCUT2D eigenvalue weighted by Crippen LogP contribution is -2.32. The molecule has 1 aliphatic rings. The first-order chi connectivity index (χ1) is 11.5. The van der Waals surface area contributed by atoms with Crippen molar-refractivity contribution in [1.82, 2.24) is 9.97 Å². The van der Waals surface area contributed by atoms with Gasteiger partial charge in [-0.15, -0.1) is 0 Å². The quantitative estimate of drug-likeness (QED) is 0.868. The number of aromatic nitrogens is 2. The normalized spacial score (nSPS) is 18.5. The molecule has 24 heavy (non-hydrogen) atoms. The van der Waals surface area contributed by atoms with Crippen molar-refractivity contribution in [1.29, 1.82) is 0 Å². The van der Waals surface area contributed by atoms with Crippen molar-refractivity contribution >= 4 is 29.2 Å². The average molecular weight is 348 g/mol. The summed E-state index contributed by atoms with van der Waals surface area (Å²) in [6, 6.07) is 5.81. The van der Waals surface area contributed by atoms with Crippen LogP contribution in [0.3, 0.4) is 0 Å². The summed E-state index contributed by atoms with van der Waals surface area (Å²) < 4.78 is 5.79. The van der Waals surface area contributed by atoms with E-state index in [1.54, 1.807) is 6.07 Å². The van der Waals surface area contributed by atoms with Crippen LogP contribution < -0.4 is 16.4 Å². The molecule has 2 aromatic rings. The number of hydrogen-bond donors (Lipinski definition) is 2. The second-order valence-corrected chi connectivity index (χ2v) is 6.51. The van der Waals surface area contributed by atoms with Gasteiger partial charge in [-0.2, -0.15) is 9.97 Å². The smallest absolute Gasteiger partial charge is 0.223 e. The zero-order valence-corrected chi connectivity index (χ0v) is 14.7. The van der Waals surface area contributed by atoms with E-state index >= 15 is 0 Å². The molecule has 1 aromatic carbocycles. The van der Waals surface area contributed by atoms with E-state index in [-0.39, 0.29) is 12.0 Å². The first kappa shape index (κ1) is 16.8. The fourth-order valence-corrected chi connectivity index (χ4v) is 3.33. The van der Waals surface area contributed by atoms with E-state index < -0.39 is 0 Å². The fourth-order valence-electron chi connectivity index (χ4n) is 2.99. The molecule has 0 aliphatic carbocycles. The molecule has 1 fully saturated rings. The van der Waals surface area contributed by atoms with Crippen LogP contribution in [0.1, 0.15) is 29.2 Å². The summed E-state index contributed by atoms with van der Waals surface area (Å²) in [6.45, 7) is 6.15. The fraction of sp³-hybridized carbons (Fsp3) is 0.412. The van der Waals surface area contributed by atoms with Crippen LogP contribution in [-0.4, -0.2) is 29.7 Å². The molecule has 0 amide bonds. The van der Waals surface area contributed by atoms with Gasteiger partial charge in [0.05, 0.1) is 12.6 Å². The molecule has 6 nitrogen and oxygen atoms in total. The largest absolute Gasteiger partial charge is 0.383 e. The molecular weight excluding hydrogens is 326 g/mol. The van der Waals surface area contributed by atoms with Crippen LogP contribution >= 0.6 is 11.6 Å². The van der Waals surface area contributed by atoms with Crippen molar-refractivity contribution in [2.45, 2.75) is 26.3 Å². The second-order valence-electron chi connectivity index (χ2n) is 6.10. The summed E-state index contributed by atoms with van der Waals surface area (Å²) in [5.74, 6) is 1.22. The van der Waals surface area contributed by atoms with Gasteiger partial charge in [0.15, 0.2) is 0 Å². The van der Waals surface area contributed by atoms with Crippen LogP contribution in [0.15, 0.2) is 18.2 Å². The number of benzene rings is 1. The van der Waals surface area contributed by atoms with Gasteiger partial charge in [0.1, 0.15) is 11.6 Å². The zero-order valence-electron chi connectivity index (χ0n) is 13.9. The molecule has 3 rings (SSSR count). The molecule has 1 aliphatic heterocycles. The molecule has 1 saturated heterocycles. The highest BCUT2D eigenvalue weighted by Gasteiger charge is 2.27. The van der Waals surface area contributed by atoms with Crippen molar-refractivity contribution in [3.05, 3.63) is 39.9 Å². The maximum Gasteiger partial charge on any atom is 0.223 e. The number of ether oxygens (including phenoxy) is 1. The molecule has 1 aromatic heterocycles. The minimum atomic E-state index is -0.0481. The van der Waals surface area contributed by atoms with Gasteiger partial charge in [0, 0.05) is 24.2 Å². The lowest BCUT2D eigenvalue weighted by Gasteiger charge is -2.31. The van der Waals surface area contributed by atoms with Gasteiger partial charge < -0.3 is 21.1 Å². The van der Waals surface area contributed by atoms with Gasteiger partial charge in [0.25, 0.3) is 0 Å². The molecule has 2 heterocycles. The molecule has 1 unspecified atom stereocenters. The maximum absolute atomic E-state index is 6.54. The monoisotopic (exact) mass is 347 g/mol. The topological polar surface area (TPSA) is 90.3 Å². The number of nitrogen functional groups attached to an aromatic ring is 2. The first-order valence-corrected chi connectivity index (χ1v) is 8.34. The maximum atomic E-state index is 6.54. The van der Waals surface area contributed by atoms with E-state index in [4.69, 9.17) is 27.8 Å². The zero-order chi connectivity index (χ0) is 17.3. The highest BCUT2D eigenvalue weighted by molar-refractivity contribution is 6.31. The lowest BCUT2D eigenvalue weighted by molar-refractivity contribution is 0.134. The Morgan fingerprint density at radius 1 is 1.17 bits per heavy atom. The summed E-state index contributed by atoms with van der Waals surface area (Å²) in [5.41, 5.74) is 15.0. The minimum Gasteiger partial charge on any atom is -0.383 e. The van der Waals surface area contributed by atoms with Crippen molar-refractivity contribution in [3.8, 4) is 0 Å². The van der Waals surface area contributed by atoms with Gasteiger partial charge in [-0.1, -0.05) is 17.7 Å². The molecule has 0 bridgehead atoms. The van der Waals surface area contributed by atoms with Crippen molar-refractivity contribution in [2.24, 2.45) is 0 Å². The molecule has 7 heteroatoms. The SMILES string of the molecule is Cc1cc(Cl)c(C2COCCCN2c2cc(N)nc(N)n2)cc1C. The minimum absolute atomic E-state index is 0.0481. The van der Waals surface area contributed by atoms with Gasteiger partial charge in [-0.3, -0.25) is 0 Å². The molecule has 4 N–H and O–H groups in total. The first-order valence-electron chi connectivity index (χ1n) is 7.97. The number of hydrogen-bond acceptors (Lipinski definition) is 6. The average Bonchev–Trinajstić information content (AvgIpc) is 2.75. The van der Waals surface area contributed by atoms with E-state index in [1.165, 1.54) is 11.1 Å². The third-order valence-corrected chi connectivity index (χ3v) is 4.68. The van der Waals surface area contributed by atoms with Gasteiger partial charge in [-0.25, -0.2) is 0 Å². The molecule has 1 atom stereocenters. The number of rotatable bonds is 2. The van der Waals surface area contributed by atoms with Crippen molar-refractivity contribution in [3.63, 3.8) is 0 Å². The van der Waals surface area contributed by atoms with E-state index in [1.807, 2.05) is 6.07 Å². The second kappa shape index (κ2) is 6.83. The summed E-state index contributed by atoms with van der Waals surface area (Å²) in [5, 5.41) is 0.730. The highest BCUT2D eigenvalue weighted by Crippen LogP contribution is 2.34. The number of nitrogens with two attached hydrogens (primary N) is 2. The lowest BCUT2D eigenvalue weighted by atomic mass is 10.00. The van der Waals surface area contributed by atoms with E-state index in [0.717, 1.165) is 23.6 Å². The standard InChI is InChI=1S/C17H22ClN5O/c1-10-6-12(13(18)7-11(10)2)14-9-24-5-3-4-23(14)16-8-15(19)21-17(20)22-16/h6-8,14H,3-5,9H2,1-2H3,(H4,19,20,21,22). The van der Waals surface area contributed by atoms with Crippen molar-refractivity contribution in [2.75, 3.05) is 36.1 Å². The van der Waals surface area contributed by atoms with Gasteiger partial charge in [-0.05, 0) is 43.0 Å². The molecule has 0 radical (unpaired) electrons. The Morgan fingerprint density at radius 3 is 2.67 bits per heavy atom. The van der Waals surface area contributed by atoms with Gasteiger partial charge in [0.2, 0.25) is 5.95 Å². The third-order valence-electron chi connectivity index (χ3n) is 4.36. The van der Waals surface area contributed by atoms with Crippen molar-refractivity contribution < 1.29 is 4.74 Å². The summed E-state index contributed by atoms with van der Waals surface area (Å²) >= 11 is 6.54. The Balaban J connectivity index is 2.06. The third kappa shape index (κ3) is 3.39. The summed E-state index contributed by atoms with van der Waals surface area (Å²) in [4.78, 5) is 10.5. The highest BCUT2D eigenvalue weighted by atomic mass is 35.5. The summed E-state index contributed by atoms with van der Waals surface area (Å²) in [7, 11) is 0. The Kier molecular flexibility index (Phi) is 4.78. The van der Waals surface area contributed by atoms with E-state index in [2.05, 4.69) is 34.8 Å². The van der Waals surface area contributed by atoms with Crippen LogP contribution in [0.5, 0.6) is 0 Å². The number of halogens is 1. The number of aryl methyl sites for hydroxylation is 2. The number of nitrogens with zero attached hydrogens (tertiary/aromatic N) is 3. The van der Waals surface area contributed by atoms with E-state index in [0.29, 0.717) is 24.8 Å². The molecular formula is C17H22ClN5O. The predicted molar refractivity (Wildman–Crippen MR) is 97.3 cm³/mol. The Hall–Kier alpha value is -2.05. The predicted octanol–water partition coefficient (Wildman–Crippen LogP) is 2.88. The Labute approximate surface area is 146 Å². The van der Waals surface area contributed by atoms with Crippen LogP contribution in [0, 0.1) is 13.8 Å². The van der Waals surface area contributed by atoms with Crippen LogP contribution in [0.2, 0.25) is 5.02 Å². The van der Waals surface area contributed by atoms with Crippen LogP contribution in [-0.2, 0) is 4.74 Å². The molecule has 0 saturated carbocycles. The Bertz CT molecular complexity index is 732. The molecule has 128 valence electrons. The Morgan fingerprint density at radius 2 is 1.92 bits per heavy atom. The van der Waals surface area contributed by atoms with E-state index in [9.17, 15) is 0 Å².